The van der Waals surface area contributed by atoms with Crippen LogP contribution in [0.1, 0.15) is 26.7 Å². The van der Waals surface area contributed by atoms with Crippen molar-refractivity contribution in [3.05, 3.63) is 0 Å². The maximum Gasteiger partial charge on any atom is 0.317 e. The number of carbonyl (C=O) groups is 2. The lowest BCUT2D eigenvalue weighted by atomic mass is 10.2. The van der Waals surface area contributed by atoms with Crippen LogP contribution in [0.4, 0.5) is 4.79 Å². The summed E-state index contributed by atoms with van der Waals surface area (Å²) in [6.45, 7) is 4.14. The zero-order valence-electron chi connectivity index (χ0n) is 10.9. The number of hydrogen-bond donors (Lipinski definition) is 2. The molecule has 0 aromatic rings. The number of rotatable bonds is 7. The SMILES string of the molecule is CCC(C)N(C)C(=O)NCC(CC(=O)O)OC. The number of carbonyl (C=O) groups excluding carboxylic acids is 1. The molecule has 0 fully saturated rings. The largest absolute Gasteiger partial charge is 0.481 e. The van der Waals surface area contributed by atoms with E-state index < -0.39 is 12.1 Å². The first-order chi connectivity index (χ1) is 7.92. The Labute approximate surface area is 102 Å². The smallest absolute Gasteiger partial charge is 0.317 e. The fourth-order valence-electron chi connectivity index (χ4n) is 1.23. The molecule has 0 spiro atoms. The number of hydrogen-bond acceptors (Lipinski definition) is 3. The van der Waals surface area contributed by atoms with Crippen LogP contribution in [0.2, 0.25) is 0 Å². The molecule has 0 aliphatic carbocycles. The van der Waals surface area contributed by atoms with Crippen LogP contribution < -0.4 is 5.32 Å². The van der Waals surface area contributed by atoms with Gasteiger partial charge in [-0.1, -0.05) is 6.92 Å². The third kappa shape index (κ3) is 6.11. The van der Waals surface area contributed by atoms with Crippen molar-refractivity contribution in [2.45, 2.75) is 38.8 Å². The lowest BCUT2D eigenvalue weighted by Crippen LogP contribution is -2.45. The van der Waals surface area contributed by atoms with Gasteiger partial charge in [0.2, 0.25) is 0 Å². The highest BCUT2D eigenvalue weighted by molar-refractivity contribution is 5.74. The summed E-state index contributed by atoms with van der Waals surface area (Å²) in [5, 5.41) is 11.3. The lowest BCUT2D eigenvalue weighted by Gasteiger charge is -2.25. The molecule has 6 heteroatoms. The topological polar surface area (TPSA) is 78.9 Å². The summed E-state index contributed by atoms with van der Waals surface area (Å²) < 4.78 is 4.96. The summed E-state index contributed by atoms with van der Waals surface area (Å²) in [7, 11) is 3.14. The Bertz CT molecular complexity index is 258. The van der Waals surface area contributed by atoms with Gasteiger partial charge in [0.15, 0.2) is 0 Å². The maximum absolute atomic E-state index is 11.7. The Morgan fingerprint density at radius 2 is 2.06 bits per heavy atom. The van der Waals surface area contributed by atoms with E-state index in [2.05, 4.69) is 5.32 Å². The first kappa shape index (κ1) is 15.7. The Morgan fingerprint density at radius 3 is 2.47 bits per heavy atom. The number of nitrogens with one attached hydrogen (secondary N) is 1. The predicted molar refractivity (Wildman–Crippen MR) is 64.0 cm³/mol. The van der Waals surface area contributed by atoms with Crippen molar-refractivity contribution in [2.75, 3.05) is 20.7 Å². The molecule has 0 saturated heterocycles. The number of urea groups is 1. The minimum absolute atomic E-state index is 0.121. The second-order valence-corrected chi connectivity index (χ2v) is 4.01. The Morgan fingerprint density at radius 1 is 1.47 bits per heavy atom. The first-order valence-electron chi connectivity index (χ1n) is 5.67. The van der Waals surface area contributed by atoms with Gasteiger partial charge < -0.3 is 20.1 Å². The number of aliphatic carboxylic acids is 1. The number of ether oxygens (including phenoxy) is 1. The van der Waals surface area contributed by atoms with Gasteiger partial charge in [-0.15, -0.1) is 0 Å². The lowest BCUT2D eigenvalue weighted by molar-refractivity contribution is -0.139. The highest BCUT2D eigenvalue weighted by Crippen LogP contribution is 2.01. The summed E-state index contributed by atoms with van der Waals surface area (Å²) >= 11 is 0. The summed E-state index contributed by atoms with van der Waals surface area (Å²) in [6, 6.07) is -0.0674. The number of carboxylic acids is 1. The van der Waals surface area contributed by atoms with E-state index in [-0.39, 0.29) is 25.0 Å². The molecule has 6 nitrogen and oxygen atoms in total. The van der Waals surface area contributed by atoms with Crippen LogP contribution in [0.25, 0.3) is 0 Å². The highest BCUT2D eigenvalue weighted by atomic mass is 16.5. The Kier molecular flexibility index (Phi) is 7.29. The van der Waals surface area contributed by atoms with Gasteiger partial charge in [-0.25, -0.2) is 4.79 Å². The average Bonchev–Trinajstić information content (AvgIpc) is 2.31. The van der Waals surface area contributed by atoms with Gasteiger partial charge in [0.1, 0.15) is 0 Å². The number of amides is 2. The van der Waals surface area contributed by atoms with E-state index in [9.17, 15) is 9.59 Å². The Hall–Kier alpha value is -1.30. The van der Waals surface area contributed by atoms with Gasteiger partial charge in [0.05, 0.1) is 12.5 Å². The van der Waals surface area contributed by atoms with Crippen molar-refractivity contribution in [3.8, 4) is 0 Å². The van der Waals surface area contributed by atoms with Crippen molar-refractivity contribution in [3.63, 3.8) is 0 Å². The first-order valence-corrected chi connectivity index (χ1v) is 5.67. The van der Waals surface area contributed by atoms with Crippen LogP contribution >= 0.6 is 0 Å². The molecule has 2 amide bonds. The molecular formula is C11H22N2O4. The van der Waals surface area contributed by atoms with E-state index >= 15 is 0 Å². The number of carboxylic acid groups (broad SMARTS) is 1. The maximum atomic E-state index is 11.7. The summed E-state index contributed by atoms with van der Waals surface area (Å²) in [4.78, 5) is 23.8. The minimum atomic E-state index is -0.943. The van der Waals surface area contributed by atoms with E-state index in [0.29, 0.717) is 0 Å². The van der Waals surface area contributed by atoms with E-state index in [1.807, 2.05) is 13.8 Å². The number of nitrogens with zero attached hydrogens (tertiary/aromatic N) is 1. The molecule has 2 N–H and O–H groups in total. The van der Waals surface area contributed by atoms with Crippen molar-refractivity contribution in [2.24, 2.45) is 0 Å². The normalized spacial score (nSPS) is 13.9. The third-order valence-corrected chi connectivity index (χ3v) is 2.79. The zero-order valence-corrected chi connectivity index (χ0v) is 10.9. The molecule has 0 aromatic carbocycles. The van der Waals surface area contributed by atoms with Gasteiger partial charge in [-0.2, -0.15) is 0 Å². The van der Waals surface area contributed by atoms with Gasteiger partial charge in [-0.3, -0.25) is 4.79 Å². The van der Waals surface area contributed by atoms with Crippen LogP contribution in [0.5, 0.6) is 0 Å². The molecule has 0 aromatic heterocycles. The van der Waals surface area contributed by atoms with Crippen molar-refractivity contribution < 1.29 is 19.4 Å². The van der Waals surface area contributed by atoms with E-state index in [0.717, 1.165) is 6.42 Å². The van der Waals surface area contributed by atoms with Crippen molar-refractivity contribution in [1.82, 2.24) is 10.2 Å². The standard InChI is InChI=1S/C11H22N2O4/c1-5-8(2)13(3)11(16)12-7-9(17-4)6-10(14)15/h8-9H,5-7H2,1-4H3,(H,12,16)(H,14,15). The number of methoxy groups -OCH3 is 1. The van der Waals surface area contributed by atoms with Crippen LogP contribution in [-0.4, -0.2) is 54.9 Å². The van der Waals surface area contributed by atoms with Crippen molar-refractivity contribution in [1.29, 1.82) is 0 Å². The van der Waals surface area contributed by atoms with Crippen molar-refractivity contribution >= 4 is 12.0 Å². The second kappa shape index (κ2) is 7.89. The second-order valence-electron chi connectivity index (χ2n) is 4.01. The molecular weight excluding hydrogens is 224 g/mol. The molecule has 0 saturated carbocycles. The van der Waals surface area contributed by atoms with Gasteiger partial charge >= 0.3 is 12.0 Å². The fourth-order valence-corrected chi connectivity index (χ4v) is 1.23. The molecule has 0 aliphatic rings. The average molecular weight is 246 g/mol. The highest BCUT2D eigenvalue weighted by Gasteiger charge is 2.17. The summed E-state index contributed by atoms with van der Waals surface area (Å²) in [5.41, 5.74) is 0. The predicted octanol–water partition coefficient (Wildman–Crippen LogP) is 0.916. The fraction of sp³-hybridized carbons (Fsp3) is 0.818. The van der Waals surface area contributed by atoms with E-state index in [1.165, 1.54) is 7.11 Å². The van der Waals surface area contributed by atoms with Crippen LogP contribution in [0.3, 0.4) is 0 Å². The third-order valence-electron chi connectivity index (χ3n) is 2.79. The van der Waals surface area contributed by atoms with Gasteiger partial charge in [-0.05, 0) is 13.3 Å². The molecule has 2 unspecified atom stereocenters. The summed E-state index contributed by atoms with van der Waals surface area (Å²) in [6.07, 6.45) is 0.248. The van der Waals surface area contributed by atoms with Crippen LogP contribution in [-0.2, 0) is 9.53 Å². The summed E-state index contributed by atoms with van der Waals surface area (Å²) in [5.74, 6) is -0.943. The Balaban J connectivity index is 4.08. The molecule has 2 atom stereocenters. The quantitative estimate of drug-likeness (QED) is 0.700. The molecule has 100 valence electrons. The molecule has 0 radical (unpaired) electrons. The molecule has 0 aliphatic heterocycles. The van der Waals surface area contributed by atoms with E-state index in [4.69, 9.17) is 9.84 Å². The molecule has 17 heavy (non-hydrogen) atoms. The zero-order chi connectivity index (χ0) is 13.4. The molecule has 0 rings (SSSR count). The van der Waals surface area contributed by atoms with E-state index in [1.54, 1.807) is 11.9 Å². The minimum Gasteiger partial charge on any atom is -0.481 e. The molecule has 0 bridgehead atoms. The monoisotopic (exact) mass is 246 g/mol. The van der Waals surface area contributed by atoms with Gasteiger partial charge in [0.25, 0.3) is 0 Å². The molecule has 0 heterocycles. The van der Waals surface area contributed by atoms with Gasteiger partial charge in [0, 0.05) is 26.7 Å². The van der Waals surface area contributed by atoms with Crippen LogP contribution in [0.15, 0.2) is 0 Å². The van der Waals surface area contributed by atoms with Crippen LogP contribution in [0, 0.1) is 0 Å².